The van der Waals surface area contributed by atoms with E-state index >= 15 is 0 Å². The number of hydrogen-bond donors (Lipinski definition) is 1. The maximum Gasteiger partial charge on any atom is 0.251 e. The Kier molecular flexibility index (Phi) is 6.24. The van der Waals surface area contributed by atoms with E-state index in [0.717, 1.165) is 31.5 Å². The Morgan fingerprint density at radius 1 is 1.32 bits per heavy atom. The van der Waals surface area contributed by atoms with Crippen LogP contribution in [0.2, 0.25) is 0 Å². The third-order valence-electron chi connectivity index (χ3n) is 5.04. The number of hydrogen-bond acceptors (Lipinski definition) is 4. The Hall–Kier alpha value is -1.44. The summed E-state index contributed by atoms with van der Waals surface area (Å²) >= 11 is 0. The van der Waals surface area contributed by atoms with Gasteiger partial charge >= 0.3 is 0 Å². The zero-order chi connectivity index (χ0) is 18.8. The zero-order valence-corrected chi connectivity index (χ0v) is 16.6. The van der Waals surface area contributed by atoms with Gasteiger partial charge in [0.15, 0.2) is 0 Å². The Morgan fingerprint density at radius 2 is 2.00 bits per heavy atom. The number of amides is 1. The largest absolute Gasteiger partial charge is 0.350 e. The van der Waals surface area contributed by atoms with Gasteiger partial charge in [-0.05, 0) is 63.0 Å². The molecule has 1 aromatic carbocycles. The summed E-state index contributed by atoms with van der Waals surface area (Å²) in [6.45, 7) is 8.38. The quantitative estimate of drug-likeness (QED) is 0.832. The second-order valence-electron chi connectivity index (χ2n) is 6.84. The maximum absolute atomic E-state index is 12.6. The molecule has 7 heteroatoms. The zero-order valence-electron chi connectivity index (χ0n) is 15.8. The number of carbonyl (C=O) groups is 1. The molecule has 0 aliphatic carbocycles. The van der Waals surface area contributed by atoms with Crippen LogP contribution in [-0.4, -0.2) is 63.3 Å². The SMILES string of the molecule is CCN1CCCC1CNC(=O)c1cc(C)c(C)c(S(=O)(=O)N(C)C)c1. The minimum absolute atomic E-state index is 0.193. The third-order valence-corrected chi connectivity index (χ3v) is 6.99. The number of likely N-dealkylation sites (tertiary alicyclic amines) is 1. The van der Waals surface area contributed by atoms with E-state index in [0.29, 0.717) is 23.7 Å². The molecule has 0 radical (unpaired) electrons. The van der Waals surface area contributed by atoms with E-state index in [1.165, 1.54) is 24.5 Å². The van der Waals surface area contributed by atoms with Crippen LogP contribution in [0.15, 0.2) is 17.0 Å². The fourth-order valence-electron chi connectivity index (χ4n) is 3.28. The number of aryl methyl sites for hydroxylation is 1. The summed E-state index contributed by atoms with van der Waals surface area (Å²) in [5, 5.41) is 2.97. The maximum atomic E-state index is 12.6. The van der Waals surface area contributed by atoms with Gasteiger partial charge in [-0.2, -0.15) is 0 Å². The van der Waals surface area contributed by atoms with Gasteiger partial charge in [-0.1, -0.05) is 6.92 Å². The minimum Gasteiger partial charge on any atom is -0.350 e. The highest BCUT2D eigenvalue weighted by Crippen LogP contribution is 2.23. The van der Waals surface area contributed by atoms with Gasteiger partial charge in [0.25, 0.3) is 5.91 Å². The van der Waals surface area contributed by atoms with Gasteiger partial charge in [0.2, 0.25) is 10.0 Å². The molecule has 1 unspecified atom stereocenters. The average Bonchev–Trinajstić information content (AvgIpc) is 3.02. The van der Waals surface area contributed by atoms with Crippen LogP contribution in [0.3, 0.4) is 0 Å². The molecular weight excluding hydrogens is 338 g/mol. The molecule has 0 aromatic heterocycles. The standard InChI is InChI=1S/C18H29N3O3S/c1-6-21-9-7-8-16(21)12-19-18(22)15-10-13(2)14(3)17(11-15)25(23,24)20(4)5/h10-11,16H,6-9,12H2,1-5H3,(H,19,22). The highest BCUT2D eigenvalue weighted by molar-refractivity contribution is 7.89. The number of carbonyl (C=O) groups excluding carboxylic acids is 1. The van der Waals surface area contributed by atoms with Crippen molar-refractivity contribution in [2.75, 3.05) is 33.7 Å². The summed E-state index contributed by atoms with van der Waals surface area (Å²) in [6.07, 6.45) is 2.24. The molecule has 1 saturated heterocycles. The minimum atomic E-state index is -3.58. The van der Waals surface area contributed by atoms with Crippen LogP contribution in [0.4, 0.5) is 0 Å². The van der Waals surface area contributed by atoms with Crippen molar-refractivity contribution in [2.45, 2.75) is 44.6 Å². The number of nitrogens with one attached hydrogen (secondary N) is 1. The Labute approximate surface area is 151 Å². The van der Waals surface area contributed by atoms with E-state index in [9.17, 15) is 13.2 Å². The van der Waals surface area contributed by atoms with Crippen LogP contribution >= 0.6 is 0 Å². The van der Waals surface area contributed by atoms with Crippen molar-refractivity contribution < 1.29 is 13.2 Å². The Morgan fingerprint density at radius 3 is 2.60 bits per heavy atom. The van der Waals surface area contributed by atoms with E-state index in [4.69, 9.17) is 0 Å². The third kappa shape index (κ3) is 4.22. The molecule has 2 rings (SSSR count). The van der Waals surface area contributed by atoms with E-state index in [-0.39, 0.29) is 10.8 Å². The van der Waals surface area contributed by atoms with Crippen molar-refractivity contribution in [3.8, 4) is 0 Å². The molecule has 25 heavy (non-hydrogen) atoms. The lowest BCUT2D eigenvalue weighted by molar-refractivity contribution is 0.0941. The van der Waals surface area contributed by atoms with Gasteiger partial charge in [-0.25, -0.2) is 12.7 Å². The lowest BCUT2D eigenvalue weighted by Crippen LogP contribution is -2.40. The van der Waals surface area contributed by atoms with Gasteiger partial charge < -0.3 is 5.32 Å². The van der Waals surface area contributed by atoms with E-state index in [1.807, 2.05) is 6.92 Å². The van der Waals surface area contributed by atoms with Gasteiger partial charge in [0, 0.05) is 32.2 Å². The lowest BCUT2D eigenvalue weighted by atomic mass is 10.1. The van der Waals surface area contributed by atoms with Crippen molar-refractivity contribution in [2.24, 2.45) is 0 Å². The van der Waals surface area contributed by atoms with E-state index < -0.39 is 10.0 Å². The van der Waals surface area contributed by atoms with Crippen LogP contribution in [-0.2, 0) is 10.0 Å². The Bertz CT molecular complexity index is 744. The molecule has 1 heterocycles. The van der Waals surface area contributed by atoms with Crippen molar-refractivity contribution in [3.63, 3.8) is 0 Å². The van der Waals surface area contributed by atoms with Crippen molar-refractivity contribution in [1.82, 2.24) is 14.5 Å². The molecule has 1 aliphatic heterocycles. The van der Waals surface area contributed by atoms with Crippen molar-refractivity contribution in [3.05, 3.63) is 28.8 Å². The van der Waals surface area contributed by atoms with Crippen LogP contribution < -0.4 is 5.32 Å². The summed E-state index contributed by atoms with van der Waals surface area (Å²) in [7, 11) is -0.592. The first-order chi connectivity index (χ1) is 11.7. The van der Waals surface area contributed by atoms with Crippen LogP contribution in [0.1, 0.15) is 41.3 Å². The predicted octanol–water partition coefficient (Wildman–Crippen LogP) is 1.77. The molecule has 1 atom stereocenters. The first-order valence-electron chi connectivity index (χ1n) is 8.74. The van der Waals surface area contributed by atoms with Gasteiger partial charge in [-0.15, -0.1) is 0 Å². The first kappa shape index (κ1) is 19.9. The number of nitrogens with zero attached hydrogens (tertiary/aromatic N) is 2. The van der Waals surface area contributed by atoms with Crippen LogP contribution in [0.25, 0.3) is 0 Å². The topological polar surface area (TPSA) is 69.7 Å². The molecule has 0 bridgehead atoms. The van der Waals surface area contributed by atoms with Gasteiger partial charge in [0.05, 0.1) is 4.90 Å². The molecular formula is C18H29N3O3S. The average molecular weight is 368 g/mol. The number of rotatable bonds is 6. The van der Waals surface area contributed by atoms with Crippen LogP contribution in [0.5, 0.6) is 0 Å². The molecule has 0 spiro atoms. The highest BCUT2D eigenvalue weighted by atomic mass is 32.2. The second kappa shape index (κ2) is 7.85. The fraction of sp³-hybridized carbons (Fsp3) is 0.611. The second-order valence-corrected chi connectivity index (χ2v) is 8.96. The smallest absolute Gasteiger partial charge is 0.251 e. The van der Waals surface area contributed by atoms with Crippen molar-refractivity contribution in [1.29, 1.82) is 0 Å². The summed E-state index contributed by atoms with van der Waals surface area (Å²) in [6, 6.07) is 3.61. The fourth-order valence-corrected chi connectivity index (χ4v) is 4.50. The normalized spacial score (nSPS) is 18.7. The van der Waals surface area contributed by atoms with Crippen LogP contribution in [0, 0.1) is 13.8 Å². The lowest BCUT2D eigenvalue weighted by Gasteiger charge is -2.23. The molecule has 1 N–H and O–H groups in total. The summed E-state index contributed by atoms with van der Waals surface area (Å²) in [5.74, 6) is -0.221. The molecule has 1 amide bonds. The predicted molar refractivity (Wildman–Crippen MR) is 99.4 cm³/mol. The summed E-state index contributed by atoms with van der Waals surface area (Å²) < 4.78 is 26.2. The highest BCUT2D eigenvalue weighted by Gasteiger charge is 2.25. The Balaban J connectivity index is 2.22. The first-order valence-corrected chi connectivity index (χ1v) is 10.2. The van der Waals surface area contributed by atoms with Gasteiger partial charge in [-0.3, -0.25) is 9.69 Å². The molecule has 140 valence electrons. The molecule has 0 saturated carbocycles. The number of likely N-dealkylation sites (N-methyl/N-ethyl adjacent to an activating group) is 1. The van der Waals surface area contributed by atoms with E-state index in [1.54, 1.807) is 13.0 Å². The molecule has 6 nitrogen and oxygen atoms in total. The number of benzene rings is 1. The van der Waals surface area contributed by atoms with Gasteiger partial charge in [0.1, 0.15) is 0 Å². The number of sulfonamides is 1. The molecule has 1 aromatic rings. The monoisotopic (exact) mass is 367 g/mol. The van der Waals surface area contributed by atoms with Crippen molar-refractivity contribution >= 4 is 15.9 Å². The van der Waals surface area contributed by atoms with E-state index in [2.05, 4.69) is 17.1 Å². The molecule has 1 fully saturated rings. The summed E-state index contributed by atoms with van der Waals surface area (Å²) in [5.41, 5.74) is 1.87. The molecule has 1 aliphatic rings. The summed E-state index contributed by atoms with van der Waals surface area (Å²) in [4.78, 5) is 15.1.